The summed E-state index contributed by atoms with van der Waals surface area (Å²) < 4.78 is 28.3. The standard InChI is InChI=1S/C13H20ClNO3S/c1-3-19(16,17)8-4-7-18-13-6-5-12(14)9-11(13)10-15-2/h5-6,9,15H,3-4,7-8,10H2,1-2H3. The predicted molar refractivity (Wildman–Crippen MR) is 78.7 cm³/mol. The smallest absolute Gasteiger partial charge is 0.150 e. The first-order valence-corrected chi connectivity index (χ1v) is 8.44. The zero-order valence-corrected chi connectivity index (χ0v) is 12.9. The highest BCUT2D eigenvalue weighted by Crippen LogP contribution is 2.23. The molecule has 6 heteroatoms. The van der Waals surface area contributed by atoms with E-state index in [0.29, 0.717) is 24.6 Å². The van der Waals surface area contributed by atoms with Gasteiger partial charge >= 0.3 is 0 Å². The monoisotopic (exact) mass is 305 g/mol. The van der Waals surface area contributed by atoms with Crippen molar-refractivity contribution in [3.8, 4) is 5.75 Å². The molecule has 1 aromatic rings. The summed E-state index contributed by atoms with van der Waals surface area (Å²) >= 11 is 5.93. The second-order valence-corrected chi connectivity index (χ2v) is 7.13. The van der Waals surface area contributed by atoms with Crippen LogP contribution in [-0.4, -0.2) is 33.6 Å². The number of ether oxygens (including phenoxy) is 1. The minimum absolute atomic E-state index is 0.165. The van der Waals surface area contributed by atoms with Crippen LogP contribution in [0.5, 0.6) is 5.75 Å². The minimum atomic E-state index is -2.91. The van der Waals surface area contributed by atoms with Crippen LogP contribution in [0.4, 0.5) is 0 Å². The molecule has 108 valence electrons. The highest BCUT2D eigenvalue weighted by Gasteiger charge is 2.08. The van der Waals surface area contributed by atoms with Crippen LogP contribution in [0.2, 0.25) is 5.02 Å². The van der Waals surface area contributed by atoms with Gasteiger partial charge in [0.25, 0.3) is 0 Å². The molecule has 0 atom stereocenters. The molecule has 0 aliphatic carbocycles. The van der Waals surface area contributed by atoms with Crippen molar-refractivity contribution >= 4 is 21.4 Å². The Hall–Kier alpha value is -0.780. The summed E-state index contributed by atoms with van der Waals surface area (Å²) in [6.07, 6.45) is 0.498. The molecule has 0 amide bonds. The lowest BCUT2D eigenvalue weighted by atomic mass is 10.2. The Labute approximate surface area is 120 Å². The number of halogens is 1. The van der Waals surface area contributed by atoms with Gasteiger partial charge < -0.3 is 10.1 Å². The van der Waals surface area contributed by atoms with Crippen LogP contribution in [0.1, 0.15) is 18.9 Å². The van der Waals surface area contributed by atoms with Crippen molar-refractivity contribution in [1.82, 2.24) is 5.32 Å². The fourth-order valence-corrected chi connectivity index (χ4v) is 2.66. The quantitative estimate of drug-likeness (QED) is 0.749. The molecule has 0 heterocycles. The SMILES string of the molecule is CCS(=O)(=O)CCCOc1ccc(Cl)cc1CNC. The van der Waals surface area contributed by atoms with Crippen LogP contribution in [0.15, 0.2) is 18.2 Å². The van der Waals surface area contributed by atoms with Crippen LogP contribution in [0.3, 0.4) is 0 Å². The van der Waals surface area contributed by atoms with E-state index in [2.05, 4.69) is 5.32 Å². The minimum Gasteiger partial charge on any atom is -0.493 e. The molecule has 0 aromatic heterocycles. The summed E-state index contributed by atoms with van der Waals surface area (Å²) in [5, 5.41) is 3.70. The van der Waals surface area contributed by atoms with Gasteiger partial charge in [-0.15, -0.1) is 0 Å². The predicted octanol–water partition coefficient (Wildman–Crippen LogP) is 2.26. The van der Waals surface area contributed by atoms with E-state index in [4.69, 9.17) is 16.3 Å². The van der Waals surface area contributed by atoms with E-state index in [1.165, 1.54) is 0 Å². The third kappa shape index (κ3) is 5.80. The van der Waals surface area contributed by atoms with Crippen LogP contribution in [0.25, 0.3) is 0 Å². The Morgan fingerprint density at radius 1 is 1.37 bits per heavy atom. The van der Waals surface area contributed by atoms with Crippen LogP contribution in [0, 0.1) is 0 Å². The number of benzene rings is 1. The molecule has 19 heavy (non-hydrogen) atoms. The van der Waals surface area contributed by atoms with Crippen molar-refractivity contribution in [2.45, 2.75) is 19.9 Å². The Kier molecular flexibility index (Phi) is 6.62. The Bertz CT molecular complexity index is 503. The van der Waals surface area contributed by atoms with E-state index >= 15 is 0 Å². The van der Waals surface area contributed by atoms with Crippen molar-refractivity contribution in [3.63, 3.8) is 0 Å². The normalized spacial score (nSPS) is 11.5. The van der Waals surface area contributed by atoms with Gasteiger partial charge in [0.05, 0.1) is 12.4 Å². The summed E-state index contributed by atoms with van der Waals surface area (Å²) in [6.45, 7) is 2.70. The Balaban J connectivity index is 2.53. The molecule has 0 saturated heterocycles. The molecule has 0 saturated carbocycles. The third-order valence-electron chi connectivity index (χ3n) is 2.69. The average Bonchev–Trinajstić information content (AvgIpc) is 2.37. The summed E-state index contributed by atoms with van der Waals surface area (Å²) in [5.41, 5.74) is 0.966. The molecular formula is C13H20ClNO3S. The lowest BCUT2D eigenvalue weighted by Crippen LogP contribution is -2.13. The first kappa shape index (κ1) is 16.3. The number of hydrogen-bond donors (Lipinski definition) is 1. The Morgan fingerprint density at radius 3 is 2.74 bits per heavy atom. The highest BCUT2D eigenvalue weighted by atomic mass is 35.5. The van der Waals surface area contributed by atoms with E-state index in [9.17, 15) is 8.42 Å². The van der Waals surface area contributed by atoms with E-state index in [-0.39, 0.29) is 11.5 Å². The molecule has 1 rings (SSSR count). The summed E-state index contributed by atoms with van der Waals surface area (Å²) in [6, 6.07) is 5.42. The van der Waals surface area contributed by atoms with E-state index < -0.39 is 9.84 Å². The molecule has 4 nitrogen and oxygen atoms in total. The molecule has 0 fully saturated rings. The zero-order valence-electron chi connectivity index (χ0n) is 11.3. The molecule has 0 spiro atoms. The summed E-state index contributed by atoms with van der Waals surface area (Å²) in [7, 11) is -1.07. The molecule has 0 bridgehead atoms. The third-order valence-corrected chi connectivity index (χ3v) is 4.71. The lowest BCUT2D eigenvalue weighted by molar-refractivity contribution is 0.314. The van der Waals surface area contributed by atoms with E-state index in [1.807, 2.05) is 19.2 Å². The first-order valence-electron chi connectivity index (χ1n) is 6.24. The lowest BCUT2D eigenvalue weighted by Gasteiger charge is -2.11. The Morgan fingerprint density at radius 2 is 2.11 bits per heavy atom. The van der Waals surface area contributed by atoms with Gasteiger partial charge in [0.15, 0.2) is 0 Å². The van der Waals surface area contributed by atoms with Crippen molar-refractivity contribution in [3.05, 3.63) is 28.8 Å². The fraction of sp³-hybridized carbons (Fsp3) is 0.538. The molecule has 1 N–H and O–H groups in total. The highest BCUT2D eigenvalue weighted by molar-refractivity contribution is 7.91. The van der Waals surface area contributed by atoms with Crippen molar-refractivity contribution < 1.29 is 13.2 Å². The summed E-state index contributed by atoms with van der Waals surface area (Å²) in [5.74, 6) is 1.09. The van der Waals surface area contributed by atoms with Gasteiger partial charge in [-0.1, -0.05) is 18.5 Å². The molecule has 1 aromatic carbocycles. The second kappa shape index (κ2) is 7.72. The first-order chi connectivity index (χ1) is 8.98. The number of sulfone groups is 1. The second-order valence-electron chi connectivity index (χ2n) is 4.22. The van der Waals surface area contributed by atoms with Gasteiger partial charge in [-0.05, 0) is 31.7 Å². The van der Waals surface area contributed by atoms with E-state index in [1.54, 1.807) is 13.0 Å². The molecule has 0 unspecified atom stereocenters. The van der Waals surface area contributed by atoms with Gasteiger partial charge in [-0.2, -0.15) is 0 Å². The van der Waals surface area contributed by atoms with Crippen LogP contribution < -0.4 is 10.1 Å². The number of rotatable bonds is 8. The largest absolute Gasteiger partial charge is 0.493 e. The van der Waals surface area contributed by atoms with Crippen molar-refractivity contribution in [2.75, 3.05) is 25.2 Å². The van der Waals surface area contributed by atoms with Gasteiger partial charge in [-0.3, -0.25) is 0 Å². The van der Waals surface area contributed by atoms with Crippen LogP contribution in [-0.2, 0) is 16.4 Å². The van der Waals surface area contributed by atoms with Crippen LogP contribution >= 0.6 is 11.6 Å². The van der Waals surface area contributed by atoms with Crippen molar-refractivity contribution in [1.29, 1.82) is 0 Å². The maximum absolute atomic E-state index is 11.3. The van der Waals surface area contributed by atoms with Gasteiger partial charge in [0, 0.05) is 22.9 Å². The zero-order chi connectivity index (χ0) is 14.3. The fourth-order valence-electron chi connectivity index (χ4n) is 1.62. The topological polar surface area (TPSA) is 55.4 Å². The molecular weight excluding hydrogens is 286 g/mol. The van der Waals surface area contributed by atoms with Gasteiger partial charge in [0.1, 0.15) is 15.6 Å². The number of nitrogens with one attached hydrogen (secondary N) is 1. The molecule has 0 aliphatic heterocycles. The molecule has 0 radical (unpaired) electrons. The average molecular weight is 306 g/mol. The summed E-state index contributed by atoms with van der Waals surface area (Å²) in [4.78, 5) is 0. The number of hydrogen-bond acceptors (Lipinski definition) is 4. The van der Waals surface area contributed by atoms with E-state index in [0.717, 1.165) is 11.3 Å². The van der Waals surface area contributed by atoms with Gasteiger partial charge in [0.2, 0.25) is 0 Å². The maximum atomic E-state index is 11.3. The molecule has 0 aliphatic rings. The van der Waals surface area contributed by atoms with Crippen molar-refractivity contribution in [2.24, 2.45) is 0 Å². The van der Waals surface area contributed by atoms with Gasteiger partial charge in [-0.25, -0.2) is 8.42 Å². The maximum Gasteiger partial charge on any atom is 0.150 e.